The van der Waals surface area contributed by atoms with Crippen molar-refractivity contribution >= 4 is 11.8 Å². The van der Waals surface area contributed by atoms with E-state index in [4.69, 9.17) is 4.52 Å². The van der Waals surface area contributed by atoms with E-state index in [-0.39, 0.29) is 6.04 Å². The summed E-state index contributed by atoms with van der Waals surface area (Å²) in [4.78, 5) is 8.55. The largest absolute Gasteiger partial charge is 0.337 e. The molecule has 1 aliphatic heterocycles. The molecule has 0 radical (unpaired) electrons. The molecule has 94 valence electrons. The summed E-state index contributed by atoms with van der Waals surface area (Å²) < 4.78 is 5.36. The quantitative estimate of drug-likeness (QED) is 0.890. The number of hydrogen-bond donors (Lipinski definition) is 1. The Kier molecular flexibility index (Phi) is 3.29. The van der Waals surface area contributed by atoms with E-state index in [0.29, 0.717) is 11.7 Å². The lowest BCUT2D eigenvalue weighted by molar-refractivity contribution is 0.342. The monoisotopic (exact) mass is 262 g/mol. The van der Waals surface area contributed by atoms with Crippen LogP contribution in [-0.4, -0.2) is 33.2 Å². The van der Waals surface area contributed by atoms with Crippen molar-refractivity contribution in [3.8, 4) is 11.4 Å². The van der Waals surface area contributed by atoms with E-state index in [1.165, 1.54) is 0 Å². The highest BCUT2D eigenvalue weighted by Crippen LogP contribution is 2.24. The van der Waals surface area contributed by atoms with E-state index in [9.17, 15) is 0 Å². The van der Waals surface area contributed by atoms with Gasteiger partial charge in [0.1, 0.15) is 0 Å². The molecule has 1 unspecified atom stereocenters. The third-order valence-corrected chi connectivity index (χ3v) is 3.98. The molecule has 2 aromatic heterocycles. The zero-order valence-electron chi connectivity index (χ0n) is 10.1. The van der Waals surface area contributed by atoms with Gasteiger partial charge in [-0.1, -0.05) is 5.16 Å². The van der Waals surface area contributed by atoms with Gasteiger partial charge in [0.05, 0.1) is 6.04 Å². The van der Waals surface area contributed by atoms with E-state index in [0.717, 1.165) is 29.2 Å². The van der Waals surface area contributed by atoms with Gasteiger partial charge in [-0.2, -0.15) is 16.7 Å². The molecule has 2 aromatic rings. The molecule has 0 spiro atoms. The number of aryl methyl sites for hydroxylation is 1. The van der Waals surface area contributed by atoms with Crippen molar-refractivity contribution in [1.29, 1.82) is 0 Å². The number of nitrogens with one attached hydrogen (secondary N) is 1. The topological polar surface area (TPSA) is 63.8 Å². The fourth-order valence-corrected chi connectivity index (χ4v) is 2.86. The second-order valence-electron chi connectivity index (χ2n) is 4.23. The van der Waals surface area contributed by atoms with Crippen LogP contribution >= 0.6 is 11.8 Å². The molecule has 1 saturated heterocycles. The lowest BCUT2D eigenvalue weighted by atomic mass is 10.1. The molecule has 0 bridgehead atoms. The summed E-state index contributed by atoms with van der Waals surface area (Å²) >= 11 is 1.91. The highest BCUT2D eigenvalue weighted by atomic mass is 32.2. The van der Waals surface area contributed by atoms with Gasteiger partial charge in [-0.3, -0.25) is 4.98 Å². The van der Waals surface area contributed by atoms with Crippen LogP contribution in [0.3, 0.4) is 0 Å². The molecule has 3 heterocycles. The lowest BCUT2D eigenvalue weighted by Crippen LogP contribution is -2.30. The molecular formula is C12H14N4OS. The maximum Gasteiger partial charge on any atom is 0.244 e. The summed E-state index contributed by atoms with van der Waals surface area (Å²) in [6.07, 6.45) is 3.55. The Bertz CT molecular complexity index is 536. The SMILES string of the molecule is Cc1cnccc1-c1noc(C2CSCCN2)n1. The number of thioether (sulfide) groups is 1. The van der Waals surface area contributed by atoms with Gasteiger partial charge >= 0.3 is 0 Å². The van der Waals surface area contributed by atoms with Gasteiger partial charge in [0, 0.05) is 36.0 Å². The summed E-state index contributed by atoms with van der Waals surface area (Å²) in [7, 11) is 0. The molecule has 1 N–H and O–H groups in total. The van der Waals surface area contributed by atoms with Crippen molar-refractivity contribution in [2.45, 2.75) is 13.0 Å². The van der Waals surface area contributed by atoms with Crippen LogP contribution in [0.5, 0.6) is 0 Å². The van der Waals surface area contributed by atoms with Crippen LogP contribution in [0.15, 0.2) is 23.0 Å². The van der Waals surface area contributed by atoms with Gasteiger partial charge in [0.25, 0.3) is 0 Å². The fourth-order valence-electron chi connectivity index (χ4n) is 1.93. The highest BCUT2D eigenvalue weighted by molar-refractivity contribution is 7.99. The minimum absolute atomic E-state index is 0.173. The van der Waals surface area contributed by atoms with Crippen LogP contribution < -0.4 is 5.32 Å². The summed E-state index contributed by atoms with van der Waals surface area (Å²) in [5.41, 5.74) is 2.03. The van der Waals surface area contributed by atoms with E-state index < -0.39 is 0 Å². The maximum absolute atomic E-state index is 5.36. The molecular weight excluding hydrogens is 248 g/mol. The van der Waals surface area contributed by atoms with Crippen molar-refractivity contribution in [3.63, 3.8) is 0 Å². The number of aromatic nitrogens is 3. The van der Waals surface area contributed by atoms with E-state index >= 15 is 0 Å². The normalized spacial score (nSPS) is 19.9. The lowest BCUT2D eigenvalue weighted by Gasteiger charge is -2.19. The predicted molar refractivity (Wildman–Crippen MR) is 70.3 cm³/mol. The zero-order valence-corrected chi connectivity index (χ0v) is 10.9. The molecule has 0 aliphatic carbocycles. The molecule has 3 rings (SSSR count). The van der Waals surface area contributed by atoms with Crippen molar-refractivity contribution in [2.24, 2.45) is 0 Å². The standard InChI is InChI=1S/C12H14N4OS/c1-8-6-13-3-2-9(8)11-15-12(17-16-11)10-7-18-5-4-14-10/h2-3,6,10,14H,4-5,7H2,1H3. The molecule has 0 saturated carbocycles. The zero-order chi connectivity index (χ0) is 12.4. The molecule has 6 heteroatoms. The molecule has 5 nitrogen and oxygen atoms in total. The van der Waals surface area contributed by atoms with Crippen molar-refractivity contribution in [1.82, 2.24) is 20.4 Å². The smallest absolute Gasteiger partial charge is 0.244 e. The van der Waals surface area contributed by atoms with Gasteiger partial charge in [0.15, 0.2) is 0 Å². The van der Waals surface area contributed by atoms with Crippen molar-refractivity contribution < 1.29 is 4.52 Å². The van der Waals surface area contributed by atoms with Gasteiger partial charge < -0.3 is 9.84 Å². The Morgan fingerprint density at radius 2 is 2.44 bits per heavy atom. The number of pyridine rings is 1. The van der Waals surface area contributed by atoms with E-state index in [1.807, 2.05) is 24.8 Å². The second kappa shape index (κ2) is 5.07. The van der Waals surface area contributed by atoms with Crippen molar-refractivity contribution in [2.75, 3.05) is 18.1 Å². The highest BCUT2D eigenvalue weighted by Gasteiger charge is 2.22. The number of rotatable bonds is 2. The predicted octanol–water partition coefficient (Wildman–Crippen LogP) is 1.82. The Morgan fingerprint density at radius 3 is 3.22 bits per heavy atom. The van der Waals surface area contributed by atoms with Gasteiger partial charge in [-0.25, -0.2) is 0 Å². The second-order valence-corrected chi connectivity index (χ2v) is 5.38. The minimum atomic E-state index is 0.173. The Labute approximate surface area is 109 Å². The van der Waals surface area contributed by atoms with E-state index in [2.05, 4.69) is 20.4 Å². The third kappa shape index (κ3) is 2.26. The molecule has 0 aromatic carbocycles. The molecule has 1 aliphatic rings. The van der Waals surface area contributed by atoms with Crippen LogP contribution in [0.4, 0.5) is 0 Å². The average Bonchev–Trinajstić information content (AvgIpc) is 2.90. The number of hydrogen-bond acceptors (Lipinski definition) is 6. The first kappa shape index (κ1) is 11.7. The molecule has 18 heavy (non-hydrogen) atoms. The van der Waals surface area contributed by atoms with Crippen LogP contribution in [0, 0.1) is 6.92 Å². The summed E-state index contributed by atoms with van der Waals surface area (Å²) in [6.45, 7) is 2.98. The summed E-state index contributed by atoms with van der Waals surface area (Å²) in [5, 5.41) is 7.44. The number of nitrogens with zero attached hydrogens (tertiary/aromatic N) is 3. The fraction of sp³-hybridized carbons (Fsp3) is 0.417. The molecule has 0 amide bonds. The van der Waals surface area contributed by atoms with Crippen LogP contribution in [0.25, 0.3) is 11.4 Å². The molecule has 1 fully saturated rings. The average molecular weight is 262 g/mol. The first-order valence-corrected chi connectivity index (χ1v) is 7.06. The van der Waals surface area contributed by atoms with Crippen LogP contribution in [0.1, 0.15) is 17.5 Å². The Hall–Kier alpha value is -1.40. The Balaban J connectivity index is 1.87. The van der Waals surface area contributed by atoms with E-state index in [1.54, 1.807) is 12.4 Å². The third-order valence-electron chi connectivity index (χ3n) is 2.92. The molecule has 1 atom stereocenters. The van der Waals surface area contributed by atoms with Gasteiger partial charge in [-0.15, -0.1) is 0 Å². The van der Waals surface area contributed by atoms with Gasteiger partial charge in [-0.05, 0) is 18.6 Å². The summed E-state index contributed by atoms with van der Waals surface area (Å²) in [5.74, 6) is 3.44. The first-order chi connectivity index (χ1) is 8.84. The Morgan fingerprint density at radius 1 is 1.50 bits per heavy atom. The summed E-state index contributed by atoms with van der Waals surface area (Å²) in [6, 6.07) is 2.08. The first-order valence-electron chi connectivity index (χ1n) is 5.90. The van der Waals surface area contributed by atoms with Crippen molar-refractivity contribution in [3.05, 3.63) is 29.9 Å². The van der Waals surface area contributed by atoms with Gasteiger partial charge in [0.2, 0.25) is 11.7 Å². The minimum Gasteiger partial charge on any atom is -0.337 e. The maximum atomic E-state index is 5.36. The van der Waals surface area contributed by atoms with Crippen LogP contribution in [0.2, 0.25) is 0 Å². The van der Waals surface area contributed by atoms with Crippen LogP contribution in [-0.2, 0) is 0 Å².